The Morgan fingerprint density at radius 3 is 2.67 bits per heavy atom. The third-order valence-electron chi connectivity index (χ3n) is 3.17. The Morgan fingerprint density at radius 2 is 2.05 bits per heavy atom. The van der Waals surface area contributed by atoms with Crippen LogP contribution in [0.15, 0.2) is 18.2 Å². The van der Waals surface area contributed by atoms with Crippen LogP contribution in [0.1, 0.15) is 45.7 Å². The zero-order valence-electron chi connectivity index (χ0n) is 13.2. The quantitative estimate of drug-likeness (QED) is 0.774. The smallest absolute Gasteiger partial charge is 0.260 e. The maximum absolute atomic E-state index is 11.9. The highest BCUT2D eigenvalue weighted by Crippen LogP contribution is 2.29. The van der Waals surface area contributed by atoms with Crippen molar-refractivity contribution in [1.82, 2.24) is 10.6 Å². The first-order valence-corrected chi connectivity index (χ1v) is 7.84. The van der Waals surface area contributed by atoms with Crippen molar-refractivity contribution in [3.63, 3.8) is 0 Å². The molecule has 2 unspecified atom stereocenters. The van der Waals surface area contributed by atoms with Crippen LogP contribution in [-0.4, -0.2) is 25.1 Å². The van der Waals surface area contributed by atoms with E-state index in [1.807, 2.05) is 32.9 Å². The molecule has 4 nitrogen and oxygen atoms in total. The van der Waals surface area contributed by atoms with E-state index in [1.54, 1.807) is 13.0 Å². The fourth-order valence-electron chi connectivity index (χ4n) is 2.02. The van der Waals surface area contributed by atoms with Crippen molar-refractivity contribution in [2.24, 2.45) is 0 Å². The normalized spacial score (nSPS) is 13.6. The van der Waals surface area contributed by atoms with Gasteiger partial charge in [-0.3, -0.25) is 4.79 Å². The first-order chi connectivity index (χ1) is 9.99. The Bertz CT molecular complexity index is 466. The summed E-state index contributed by atoms with van der Waals surface area (Å²) in [5, 5.41) is 6.82. The summed E-state index contributed by atoms with van der Waals surface area (Å²) in [5.41, 5.74) is 0.958. The number of carbonyl (C=O) groups excluding carboxylic acids is 1. The molecule has 0 saturated heterocycles. The lowest BCUT2D eigenvalue weighted by Gasteiger charge is -2.21. The van der Waals surface area contributed by atoms with E-state index in [2.05, 4.69) is 10.6 Å². The zero-order valence-corrected chi connectivity index (χ0v) is 14.0. The molecule has 1 rings (SSSR count). The molecular weight excluding hydrogens is 288 g/mol. The van der Waals surface area contributed by atoms with Crippen LogP contribution >= 0.6 is 11.6 Å². The van der Waals surface area contributed by atoms with E-state index in [4.69, 9.17) is 16.3 Å². The summed E-state index contributed by atoms with van der Waals surface area (Å²) in [5.74, 6) is 0.584. The number of hydrogen-bond acceptors (Lipinski definition) is 3. The minimum absolute atomic E-state index is 0.103. The molecule has 1 aromatic rings. The van der Waals surface area contributed by atoms with E-state index < -0.39 is 6.10 Å². The summed E-state index contributed by atoms with van der Waals surface area (Å²) in [7, 11) is 0. The van der Waals surface area contributed by atoms with Crippen LogP contribution in [0.4, 0.5) is 0 Å². The average Bonchev–Trinajstić information content (AvgIpc) is 2.46. The molecule has 1 amide bonds. The summed E-state index contributed by atoms with van der Waals surface area (Å²) in [6.45, 7) is 9.36. The van der Waals surface area contributed by atoms with Gasteiger partial charge >= 0.3 is 0 Å². The molecule has 0 fully saturated rings. The number of halogens is 1. The van der Waals surface area contributed by atoms with Crippen molar-refractivity contribution in [3.05, 3.63) is 28.8 Å². The number of nitrogens with one attached hydrogen (secondary N) is 2. The predicted octanol–water partition coefficient (Wildman–Crippen LogP) is 3.30. The number of hydrogen-bond donors (Lipinski definition) is 2. The fourth-order valence-corrected chi connectivity index (χ4v) is 2.20. The van der Waals surface area contributed by atoms with Gasteiger partial charge in [-0.15, -0.1) is 0 Å². The van der Waals surface area contributed by atoms with Crippen molar-refractivity contribution in [2.75, 3.05) is 13.1 Å². The summed E-state index contributed by atoms with van der Waals surface area (Å²) in [4.78, 5) is 11.9. The first-order valence-electron chi connectivity index (χ1n) is 7.46. The van der Waals surface area contributed by atoms with Crippen molar-refractivity contribution in [3.8, 4) is 5.75 Å². The van der Waals surface area contributed by atoms with Crippen LogP contribution in [0.3, 0.4) is 0 Å². The van der Waals surface area contributed by atoms with Crippen LogP contribution in [-0.2, 0) is 4.79 Å². The van der Waals surface area contributed by atoms with Gasteiger partial charge in [-0.1, -0.05) is 25.4 Å². The Hall–Kier alpha value is -1.26. The minimum Gasteiger partial charge on any atom is -0.481 e. The van der Waals surface area contributed by atoms with Crippen LogP contribution in [0.25, 0.3) is 0 Å². The monoisotopic (exact) mass is 312 g/mol. The highest BCUT2D eigenvalue weighted by Gasteiger charge is 2.18. The van der Waals surface area contributed by atoms with E-state index in [-0.39, 0.29) is 11.9 Å². The molecule has 2 atom stereocenters. The standard InChI is InChI=1S/C16H25ClN2O2/c1-5-9-19-16(20)12(4)21-15-8-7-13(17)10-14(15)11(3)18-6-2/h7-8,10-12,18H,5-6,9H2,1-4H3,(H,19,20). The molecular formula is C16H25ClN2O2. The van der Waals surface area contributed by atoms with E-state index in [0.29, 0.717) is 17.3 Å². The number of rotatable bonds is 8. The Morgan fingerprint density at radius 1 is 1.33 bits per heavy atom. The third-order valence-corrected chi connectivity index (χ3v) is 3.41. The van der Waals surface area contributed by atoms with Gasteiger partial charge in [-0.25, -0.2) is 0 Å². The molecule has 2 N–H and O–H groups in total. The molecule has 21 heavy (non-hydrogen) atoms. The van der Waals surface area contributed by atoms with Crippen molar-refractivity contribution in [2.45, 2.75) is 46.3 Å². The predicted molar refractivity (Wildman–Crippen MR) is 86.9 cm³/mol. The maximum atomic E-state index is 11.9. The fraction of sp³-hybridized carbons (Fsp3) is 0.562. The molecule has 0 aliphatic heterocycles. The Kier molecular flexibility index (Phi) is 7.54. The van der Waals surface area contributed by atoms with Gasteiger partial charge in [-0.05, 0) is 45.0 Å². The second-order valence-electron chi connectivity index (χ2n) is 5.01. The van der Waals surface area contributed by atoms with Gasteiger partial charge in [-0.2, -0.15) is 0 Å². The molecule has 5 heteroatoms. The lowest BCUT2D eigenvalue weighted by molar-refractivity contribution is -0.127. The molecule has 118 valence electrons. The molecule has 0 radical (unpaired) electrons. The average molecular weight is 313 g/mol. The number of amides is 1. The van der Waals surface area contributed by atoms with Gasteiger partial charge in [0, 0.05) is 23.2 Å². The lowest BCUT2D eigenvalue weighted by Crippen LogP contribution is -2.37. The Labute approximate surface area is 132 Å². The van der Waals surface area contributed by atoms with Gasteiger partial charge in [0.2, 0.25) is 0 Å². The third kappa shape index (κ3) is 5.56. The summed E-state index contributed by atoms with van der Waals surface area (Å²) in [6, 6.07) is 5.57. The van der Waals surface area contributed by atoms with E-state index in [1.165, 1.54) is 0 Å². The molecule has 0 heterocycles. The second-order valence-corrected chi connectivity index (χ2v) is 5.45. The number of ether oxygens (including phenoxy) is 1. The highest BCUT2D eigenvalue weighted by atomic mass is 35.5. The van der Waals surface area contributed by atoms with Crippen LogP contribution in [0.2, 0.25) is 5.02 Å². The largest absolute Gasteiger partial charge is 0.481 e. The van der Waals surface area contributed by atoms with Crippen molar-refractivity contribution < 1.29 is 9.53 Å². The number of benzene rings is 1. The summed E-state index contributed by atoms with van der Waals surface area (Å²) in [6.07, 6.45) is 0.368. The van der Waals surface area contributed by atoms with Crippen LogP contribution in [0, 0.1) is 0 Å². The number of carbonyl (C=O) groups is 1. The SMILES string of the molecule is CCCNC(=O)C(C)Oc1ccc(Cl)cc1C(C)NCC. The Balaban J connectivity index is 2.84. The van der Waals surface area contributed by atoms with Gasteiger partial charge in [0.05, 0.1) is 0 Å². The molecule has 0 bridgehead atoms. The molecule has 0 aliphatic carbocycles. The summed E-state index contributed by atoms with van der Waals surface area (Å²) < 4.78 is 5.82. The first kappa shape index (κ1) is 17.8. The van der Waals surface area contributed by atoms with Gasteiger partial charge < -0.3 is 15.4 Å². The van der Waals surface area contributed by atoms with Crippen LogP contribution in [0.5, 0.6) is 5.75 Å². The van der Waals surface area contributed by atoms with Gasteiger partial charge in [0.25, 0.3) is 5.91 Å². The second kappa shape index (κ2) is 8.90. The van der Waals surface area contributed by atoms with E-state index >= 15 is 0 Å². The molecule has 0 spiro atoms. The topological polar surface area (TPSA) is 50.4 Å². The van der Waals surface area contributed by atoms with Crippen molar-refractivity contribution in [1.29, 1.82) is 0 Å². The summed E-state index contributed by atoms with van der Waals surface area (Å²) >= 11 is 6.07. The minimum atomic E-state index is -0.537. The zero-order chi connectivity index (χ0) is 15.8. The van der Waals surface area contributed by atoms with Gasteiger partial charge in [0.15, 0.2) is 6.10 Å². The molecule has 1 aromatic carbocycles. The van der Waals surface area contributed by atoms with Crippen LogP contribution < -0.4 is 15.4 Å². The lowest BCUT2D eigenvalue weighted by atomic mass is 10.1. The van der Waals surface area contributed by atoms with Gasteiger partial charge in [0.1, 0.15) is 5.75 Å². The van der Waals surface area contributed by atoms with Crippen molar-refractivity contribution >= 4 is 17.5 Å². The molecule has 0 saturated carbocycles. The molecule has 0 aromatic heterocycles. The maximum Gasteiger partial charge on any atom is 0.260 e. The molecule has 0 aliphatic rings. The van der Waals surface area contributed by atoms with E-state index in [9.17, 15) is 4.79 Å². The van der Waals surface area contributed by atoms with E-state index in [0.717, 1.165) is 18.5 Å². The highest BCUT2D eigenvalue weighted by molar-refractivity contribution is 6.30.